The van der Waals surface area contributed by atoms with Crippen LogP contribution in [0, 0.1) is 11.8 Å². The van der Waals surface area contributed by atoms with Crippen LogP contribution in [0.2, 0.25) is 0 Å². The molecule has 0 aromatic heterocycles. The first-order chi connectivity index (χ1) is 8.12. The molecular weight excluding hydrogens is 272 g/mol. The lowest BCUT2D eigenvalue weighted by Crippen LogP contribution is -2.33. The molecule has 18 heavy (non-hydrogen) atoms. The minimum absolute atomic E-state index is 0. The molecule has 1 saturated carbocycles. The SMILES string of the molecule is CNCC1CCN(S(=O)(=O)CCC2CCC2)C1.Cl. The van der Waals surface area contributed by atoms with Crippen molar-refractivity contribution in [2.45, 2.75) is 32.1 Å². The van der Waals surface area contributed by atoms with Gasteiger partial charge in [0.15, 0.2) is 0 Å². The quantitative estimate of drug-likeness (QED) is 0.807. The summed E-state index contributed by atoms with van der Waals surface area (Å²) in [5.41, 5.74) is 0. The van der Waals surface area contributed by atoms with Gasteiger partial charge in [-0.1, -0.05) is 19.3 Å². The van der Waals surface area contributed by atoms with Crippen LogP contribution in [0.4, 0.5) is 0 Å². The predicted octanol–water partition coefficient (Wildman–Crippen LogP) is 1.47. The smallest absolute Gasteiger partial charge is 0.214 e. The van der Waals surface area contributed by atoms with E-state index >= 15 is 0 Å². The zero-order valence-electron chi connectivity index (χ0n) is 11.1. The molecule has 0 bridgehead atoms. The number of hydrogen-bond acceptors (Lipinski definition) is 3. The van der Waals surface area contributed by atoms with Crippen molar-refractivity contribution in [3.05, 3.63) is 0 Å². The summed E-state index contributed by atoms with van der Waals surface area (Å²) < 4.78 is 26.0. The molecule has 0 radical (unpaired) electrons. The topological polar surface area (TPSA) is 49.4 Å². The van der Waals surface area contributed by atoms with E-state index in [1.807, 2.05) is 7.05 Å². The first-order valence-corrected chi connectivity index (χ1v) is 8.35. The Balaban J connectivity index is 0.00000162. The fourth-order valence-corrected chi connectivity index (χ4v) is 4.44. The summed E-state index contributed by atoms with van der Waals surface area (Å²) in [5, 5.41) is 3.13. The predicted molar refractivity (Wildman–Crippen MR) is 76.6 cm³/mol. The molecule has 1 aliphatic heterocycles. The first-order valence-electron chi connectivity index (χ1n) is 6.74. The summed E-state index contributed by atoms with van der Waals surface area (Å²) in [5.74, 6) is 1.54. The van der Waals surface area contributed by atoms with Crippen LogP contribution in [0.3, 0.4) is 0 Å². The van der Waals surface area contributed by atoms with Crippen LogP contribution in [0.5, 0.6) is 0 Å². The van der Waals surface area contributed by atoms with Crippen molar-refractivity contribution in [2.75, 3.05) is 32.4 Å². The molecule has 2 aliphatic rings. The summed E-state index contributed by atoms with van der Waals surface area (Å²) in [6.45, 7) is 2.36. The molecule has 2 rings (SSSR count). The average molecular weight is 297 g/mol. The van der Waals surface area contributed by atoms with E-state index in [0.717, 1.165) is 25.9 Å². The maximum absolute atomic E-state index is 12.1. The van der Waals surface area contributed by atoms with E-state index in [9.17, 15) is 8.42 Å². The first kappa shape index (κ1) is 16.2. The van der Waals surface area contributed by atoms with Gasteiger partial charge in [0, 0.05) is 13.1 Å². The minimum Gasteiger partial charge on any atom is -0.319 e. The van der Waals surface area contributed by atoms with Crippen molar-refractivity contribution < 1.29 is 8.42 Å². The molecule has 1 saturated heterocycles. The second-order valence-corrected chi connectivity index (χ2v) is 7.56. The van der Waals surface area contributed by atoms with Gasteiger partial charge in [-0.25, -0.2) is 12.7 Å². The highest BCUT2D eigenvalue weighted by atomic mass is 35.5. The number of hydrogen-bond donors (Lipinski definition) is 1. The molecule has 1 N–H and O–H groups in total. The van der Waals surface area contributed by atoms with Gasteiger partial charge in [0.2, 0.25) is 10.0 Å². The largest absolute Gasteiger partial charge is 0.319 e. The molecule has 0 aromatic carbocycles. The van der Waals surface area contributed by atoms with Crippen LogP contribution in [0.15, 0.2) is 0 Å². The lowest BCUT2D eigenvalue weighted by atomic mass is 9.84. The maximum atomic E-state index is 12.1. The number of nitrogens with zero attached hydrogens (tertiary/aromatic N) is 1. The van der Waals surface area contributed by atoms with Crippen molar-refractivity contribution in [3.63, 3.8) is 0 Å². The number of sulfonamides is 1. The van der Waals surface area contributed by atoms with Crippen LogP contribution in [0.25, 0.3) is 0 Å². The van der Waals surface area contributed by atoms with Crippen LogP contribution < -0.4 is 5.32 Å². The summed E-state index contributed by atoms with van der Waals surface area (Å²) in [6.07, 6.45) is 5.63. The maximum Gasteiger partial charge on any atom is 0.214 e. The Hall–Kier alpha value is 0.160. The molecule has 6 heteroatoms. The molecular formula is C12H25ClN2O2S. The number of nitrogens with one attached hydrogen (secondary N) is 1. The van der Waals surface area contributed by atoms with E-state index in [1.165, 1.54) is 19.3 Å². The molecule has 4 nitrogen and oxygen atoms in total. The number of rotatable bonds is 6. The normalized spacial score (nSPS) is 25.7. The van der Waals surface area contributed by atoms with Gasteiger partial charge < -0.3 is 5.32 Å². The van der Waals surface area contributed by atoms with E-state index in [4.69, 9.17) is 0 Å². The molecule has 1 atom stereocenters. The monoisotopic (exact) mass is 296 g/mol. The highest BCUT2D eigenvalue weighted by Gasteiger charge is 2.31. The second kappa shape index (κ2) is 7.08. The van der Waals surface area contributed by atoms with Gasteiger partial charge in [-0.05, 0) is 38.3 Å². The molecule has 0 spiro atoms. The lowest BCUT2D eigenvalue weighted by Gasteiger charge is -2.26. The average Bonchev–Trinajstić information content (AvgIpc) is 2.65. The molecule has 108 valence electrons. The molecule has 1 unspecified atom stereocenters. The molecule has 0 aromatic rings. The Kier molecular flexibility index (Phi) is 6.38. The van der Waals surface area contributed by atoms with Gasteiger partial charge in [-0.2, -0.15) is 0 Å². The van der Waals surface area contributed by atoms with E-state index in [1.54, 1.807) is 4.31 Å². The van der Waals surface area contributed by atoms with Crippen molar-refractivity contribution in [1.29, 1.82) is 0 Å². The van der Waals surface area contributed by atoms with E-state index in [2.05, 4.69) is 5.32 Å². The fourth-order valence-electron chi connectivity index (χ4n) is 2.73. The standard InChI is InChI=1S/C12H24N2O2S.ClH/c1-13-9-12-5-7-14(10-12)17(15,16)8-6-11-3-2-4-11;/h11-13H,2-10H2,1H3;1H. The summed E-state index contributed by atoms with van der Waals surface area (Å²) in [4.78, 5) is 0. The Bertz CT molecular complexity index is 344. The van der Waals surface area contributed by atoms with Crippen LogP contribution in [-0.4, -0.2) is 45.2 Å². The molecule has 2 fully saturated rings. The zero-order chi connectivity index (χ0) is 12.3. The van der Waals surface area contributed by atoms with E-state index in [-0.39, 0.29) is 12.4 Å². The lowest BCUT2D eigenvalue weighted by molar-refractivity contribution is 0.305. The van der Waals surface area contributed by atoms with Crippen molar-refractivity contribution in [1.82, 2.24) is 9.62 Å². The molecule has 1 heterocycles. The zero-order valence-corrected chi connectivity index (χ0v) is 12.7. The van der Waals surface area contributed by atoms with Crippen LogP contribution >= 0.6 is 12.4 Å². The second-order valence-electron chi connectivity index (χ2n) is 5.47. The van der Waals surface area contributed by atoms with Gasteiger partial charge in [-0.15, -0.1) is 12.4 Å². The highest BCUT2D eigenvalue weighted by Crippen LogP contribution is 2.30. The van der Waals surface area contributed by atoms with E-state index in [0.29, 0.717) is 24.1 Å². The molecule has 1 aliphatic carbocycles. The van der Waals surface area contributed by atoms with Gasteiger partial charge in [0.25, 0.3) is 0 Å². The summed E-state index contributed by atoms with van der Waals surface area (Å²) in [7, 11) is -1.05. The van der Waals surface area contributed by atoms with Gasteiger partial charge in [0.1, 0.15) is 0 Å². The van der Waals surface area contributed by atoms with Crippen LogP contribution in [0.1, 0.15) is 32.1 Å². The van der Waals surface area contributed by atoms with Gasteiger partial charge in [0.05, 0.1) is 5.75 Å². The summed E-state index contributed by atoms with van der Waals surface area (Å²) >= 11 is 0. The van der Waals surface area contributed by atoms with Crippen LogP contribution in [-0.2, 0) is 10.0 Å². The Morgan fingerprint density at radius 2 is 1.94 bits per heavy atom. The Labute approximate surface area is 117 Å². The summed E-state index contributed by atoms with van der Waals surface area (Å²) in [6, 6.07) is 0. The van der Waals surface area contributed by atoms with Crippen molar-refractivity contribution >= 4 is 22.4 Å². The molecule has 0 amide bonds. The Morgan fingerprint density at radius 1 is 1.22 bits per heavy atom. The fraction of sp³-hybridized carbons (Fsp3) is 1.00. The highest BCUT2D eigenvalue weighted by molar-refractivity contribution is 7.89. The third kappa shape index (κ3) is 4.08. The van der Waals surface area contributed by atoms with Gasteiger partial charge >= 0.3 is 0 Å². The third-order valence-corrected chi connectivity index (χ3v) is 6.01. The minimum atomic E-state index is -2.98. The van der Waals surface area contributed by atoms with Crippen molar-refractivity contribution in [2.24, 2.45) is 11.8 Å². The number of halogens is 1. The third-order valence-electron chi connectivity index (χ3n) is 4.14. The Morgan fingerprint density at radius 3 is 2.50 bits per heavy atom. The van der Waals surface area contributed by atoms with Gasteiger partial charge in [-0.3, -0.25) is 0 Å². The van der Waals surface area contributed by atoms with E-state index < -0.39 is 10.0 Å². The van der Waals surface area contributed by atoms with Crippen molar-refractivity contribution in [3.8, 4) is 0 Å².